The Morgan fingerprint density at radius 3 is 2.41 bits per heavy atom. The van der Waals surface area contributed by atoms with Gasteiger partial charge in [-0.05, 0) is 58.3 Å². The molecule has 3 rings (SSSR count). The average molecular weight is 413 g/mol. The summed E-state index contributed by atoms with van der Waals surface area (Å²) in [5, 5.41) is 4.03. The molecule has 0 aliphatic carbocycles. The van der Waals surface area contributed by atoms with Gasteiger partial charge in [-0.1, -0.05) is 0 Å². The minimum Gasteiger partial charge on any atom is -0.493 e. The molecule has 6 nitrogen and oxygen atoms in total. The number of thiophene rings is 1. The number of hydrogen-bond acceptors (Lipinski definition) is 6. The molecule has 0 radical (unpaired) electrons. The second-order valence-electron chi connectivity index (χ2n) is 6.20. The number of benzene rings is 1. The Morgan fingerprint density at radius 2 is 1.86 bits per heavy atom. The minimum atomic E-state index is -0.124. The number of nitrogens with zero attached hydrogens (tertiary/aromatic N) is 1. The Labute approximate surface area is 173 Å². The number of furan rings is 1. The molecule has 152 valence electrons. The first-order chi connectivity index (χ1) is 14.1. The first kappa shape index (κ1) is 20.5. The summed E-state index contributed by atoms with van der Waals surface area (Å²) in [4.78, 5) is 14.6. The van der Waals surface area contributed by atoms with Gasteiger partial charge in [-0.25, -0.2) is 0 Å². The molecular weight excluding hydrogens is 390 g/mol. The molecule has 0 spiro atoms. The van der Waals surface area contributed by atoms with Gasteiger partial charge in [0.2, 0.25) is 11.7 Å². The third-order valence-electron chi connectivity index (χ3n) is 4.30. The molecule has 2 aromatic heterocycles. The highest BCUT2D eigenvalue weighted by atomic mass is 32.1. The lowest BCUT2D eigenvalue weighted by atomic mass is 10.1. The predicted octanol–water partition coefficient (Wildman–Crippen LogP) is 4.61. The fraction of sp³-hybridized carbons (Fsp3) is 0.227. The molecule has 3 aromatic rings. The van der Waals surface area contributed by atoms with Gasteiger partial charge in [0.1, 0.15) is 5.76 Å². The Balaban J connectivity index is 1.81. The van der Waals surface area contributed by atoms with Crippen molar-refractivity contribution in [2.75, 3.05) is 21.3 Å². The maximum atomic E-state index is 12.9. The summed E-state index contributed by atoms with van der Waals surface area (Å²) in [6, 6.07) is 9.27. The van der Waals surface area contributed by atoms with Crippen molar-refractivity contribution < 1.29 is 23.4 Å². The fourth-order valence-corrected chi connectivity index (χ4v) is 3.54. The van der Waals surface area contributed by atoms with E-state index in [0.717, 1.165) is 16.9 Å². The molecule has 0 aliphatic rings. The van der Waals surface area contributed by atoms with Gasteiger partial charge in [0, 0.05) is 12.6 Å². The van der Waals surface area contributed by atoms with E-state index in [2.05, 4.69) is 0 Å². The highest BCUT2D eigenvalue weighted by molar-refractivity contribution is 7.07. The summed E-state index contributed by atoms with van der Waals surface area (Å²) in [6.45, 7) is 0.893. The van der Waals surface area contributed by atoms with Crippen LogP contribution in [0, 0.1) is 0 Å². The molecule has 0 bridgehead atoms. The Morgan fingerprint density at radius 1 is 1.10 bits per heavy atom. The Kier molecular flexibility index (Phi) is 6.97. The van der Waals surface area contributed by atoms with Crippen molar-refractivity contribution in [3.8, 4) is 17.2 Å². The smallest absolute Gasteiger partial charge is 0.247 e. The van der Waals surface area contributed by atoms with Gasteiger partial charge in [0.15, 0.2) is 11.5 Å². The zero-order valence-corrected chi connectivity index (χ0v) is 17.4. The Bertz CT molecular complexity index is 887. The van der Waals surface area contributed by atoms with Crippen molar-refractivity contribution in [1.82, 2.24) is 4.90 Å². The van der Waals surface area contributed by atoms with Gasteiger partial charge < -0.3 is 23.5 Å². The van der Waals surface area contributed by atoms with E-state index in [1.54, 1.807) is 62.0 Å². The summed E-state index contributed by atoms with van der Waals surface area (Å²) in [5.74, 6) is 2.18. The zero-order valence-electron chi connectivity index (χ0n) is 16.6. The molecule has 0 fully saturated rings. The molecule has 0 aliphatic heterocycles. The van der Waals surface area contributed by atoms with Gasteiger partial charge >= 0.3 is 0 Å². The van der Waals surface area contributed by atoms with Crippen molar-refractivity contribution in [1.29, 1.82) is 0 Å². The van der Waals surface area contributed by atoms with Gasteiger partial charge in [-0.2, -0.15) is 11.3 Å². The van der Waals surface area contributed by atoms with Crippen LogP contribution in [0.1, 0.15) is 16.9 Å². The number of amides is 1. The first-order valence-electron chi connectivity index (χ1n) is 8.95. The molecule has 29 heavy (non-hydrogen) atoms. The maximum absolute atomic E-state index is 12.9. The normalized spacial score (nSPS) is 10.9. The number of methoxy groups -OCH3 is 3. The second kappa shape index (κ2) is 9.84. The van der Waals surface area contributed by atoms with Crippen LogP contribution in [0.5, 0.6) is 17.2 Å². The average Bonchev–Trinajstić information content (AvgIpc) is 3.44. The van der Waals surface area contributed by atoms with Crippen LogP contribution in [-0.2, 0) is 17.9 Å². The second-order valence-corrected chi connectivity index (χ2v) is 6.98. The van der Waals surface area contributed by atoms with Crippen LogP contribution in [0.15, 0.2) is 57.8 Å². The lowest BCUT2D eigenvalue weighted by molar-refractivity contribution is -0.127. The largest absolute Gasteiger partial charge is 0.493 e. The minimum absolute atomic E-state index is 0.124. The highest BCUT2D eigenvalue weighted by Crippen LogP contribution is 2.38. The maximum Gasteiger partial charge on any atom is 0.247 e. The van der Waals surface area contributed by atoms with Crippen molar-refractivity contribution in [2.24, 2.45) is 0 Å². The van der Waals surface area contributed by atoms with Gasteiger partial charge in [-0.3, -0.25) is 4.79 Å². The van der Waals surface area contributed by atoms with E-state index in [1.165, 1.54) is 6.08 Å². The summed E-state index contributed by atoms with van der Waals surface area (Å²) < 4.78 is 21.5. The number of carbonyl (C=O) groups excluding carboxylic acids is 1. The quantitative estimate of drug-likeness (QED) is 0.480. The van der Waals surface area contributed by atoms with Gasteiger partial charge in [0.25, 0.3) is 0 Å². The van der Waals surface area contributed by atoms with Crippen LogP contribution in [-0.4, -0.2) is 32.1 Å². The van der Waals surface area contributed by atoms with E-state index in [0.29, 0.717) is 30.3 Å². The molecule has 0 atom stereocenters. The highest BCUT2D eigenvalue weighted by Gasteiger charge is 2.15. The number of ether oxygens (including phenoxy) is 3. The van der Waals surface area contributed by atoms with Crippen molar-refractivity contribution in [3.05, 3.63) is 70.3 Å². The first-order valence-corrected chi connectivity index (χ1v) is 9.89. The Hall–Kier alpha value is -3.19. The van der Waals surface area contributed by atoms with Crippen LogP contribution < -0.4 is 14.2 Å². The van der Waals surface area contributed by atoms with Crippen LogP contribution in [0.4, 0.5) is 0 Å². The van der Waals surface area contributed by atoms with E-state index >= 15 is 0 Å². The van der Waals surface area contributed by atoms with Crippen molar-refractivity contribution in [2.45, 2.75) is 13.1 Å². The molecule has 1 aromatic carbocycles. The standard InChI is InChI=1S/C22H23NO5S/c1-25-19-11-16(12-20(26-2)22(19)27-3)6-7-21(24)23(13-17-8-10-29-15-17)14-18-5-4-9-28-18/h4-12,15H,13-14H2,1-3H3/b7-6+. The van der Waals surface area contributed by atoms with E-state index in [-0.39, 0.29) is 5.91 Å². The zero-order chi connectivity index (χ0) is 20.6. The summed E-state index contributed by atoms with van der Waals surface area (Å²) in [7, 11) is 4.67. The van der Waals surface area contributed by atoms with Gasteiger partial charge in [-0.15, -0.1) is 0 Å². The van der Waals surface area contributed by atoms with Crippen molar-refractivity contribution >= 4 is 23.3 Å². The summed E-state index contributed by atoms with van der Waals surface area (Å²) >= 11 is 1.60. The van der Waals surface area contributed by atoms with E-state index in [9.17, 15) is 4.79 Å². The van der Waals surface area contributed by atoms with E-state index < -0.39 is 0 Å². The molecular formula is C22H23NO5S. The molecule has 2 heterocycles. The number of carbonyl (C=O) groups is 1. The molecule has 1 amide bonds. The van der Waals surface area contributed by atoms with Crippen molar-refractivity contribution in [3.63, 3.8) is 0 Å². The molecule has 7 heteroatoms. The molecule has 0 unspecified atom stereocenters. The molecule has 0 saturated heterocycles. The van der Waals surface area contributed by atoms with Crippen LogP contribution in [0.3, 0.4) is 0 Å². The van der Waals surface area contributed by atoms with Gasteiger partial charge in [0.05, 0.1) is 34.1 Å². The van der Waals surface area contributed by atoms with Crippen LogP contribution >= 0.6 is 11.3 Å². The third kappa shape index (κ3) is 5.20. The fourth-order valence-electron chi connectivity index (χ4n) is 2.88. The predicted molar refractivity (Wildman–Crippen MR) is 112 cm³/mol. The lowest BCUT2D eigenvalue weighted by Gasteiger charge is -2.19. The topological polar surface area (TPSA) is 61.1 Å². The molecule has 0 N–H and O–H groups in total. The molecule has 0 saturated carbocycles. The summed E-state index contributed by atoms with van der Waals surface area (Å²) in [6.07, 6.45) is 4.87. The lowest BCUT2D eigenvalue weighted by Crippen LogP contribution is -2.28. The monoisotopic (exact) mass is 413 g/mol. The van der Waals surface area contributed by atoms with Crippen LogP contribution in [0.2, 0.25) is 0 Å². The van der Waals surface area contributed by atoms with Crippen LogP contribution in [0.25, 0.3) is 6.08 Å². The number of hydrogen-bond donors (Lipinski definition) is 0. The SMILES string of the molecule is COc1cc(/C=C/C(=O)N(Cc2ccsc2)Cc2ccco2)cc(OC)c1OC. The van der Waals surface area contributed by atoms with E-state index in [4.69, 9.17) is 18.6 Å². The number of rotatable bonds is 9. The summed E-state index contributed by atoms with van der Waals surface area (Å²) in [5.41, 5.74) is 1.84. The van der Waals surface area contributed by atoms with E-state index in [1.807, 2.05) is 29.0 Å². The third-order valence-corrected chi connectivity index (χ3v) is 5.03.